The van der Waals surface area contributed by atoms with E-state index in [1.807, 2.05) is 12.1 Å². The van der Waals surface area contributed by atoms with Gasteiger partial charge in [-0.2, -0.15) is 0 Å². The first-order valence-corrected chi connectivity index (χ1v) is 8.65. The molecular weight excluding hydrogens is 290 g/mol. The van der Waals surface area contributed by atoms with Gasteiger partial charge in [0, 0.05) is 12.5 Å². The standard InChI is InChI=1S/C19H31NO3/c1-4-20(14-8-6-5-7-9-19(21)22)16(2)15-17-10-12-18(23-3)13-11-17/h10-13,16H,4-9,14-15H2,1-3H3,(H,21,22). The summed E-state index contributed by atoms with van der Waals surface area (Å²) >= 11 is 0. The molecule has 0 fully saturated rings. The molecule has 4 nitrogen and oxygen atoms in total. The topological polar surface area (TPSA) is 49.8 Å². The molecule has 0 bridgehead atoms. The molecule has 0 spiro atoms. The van der Waals surface area contributed by atoms with Crippen LogP contribution in [0.4, 0.5) is 0 Å². The van der Waals surface area contributed by atoms with Crippen molar-refractivity contribution in [3.8, 4) is 5.75 Å². The Labute approximate surface area is 140 Å². The summed E-state index contributed by atoms with van der Waals surface area (Å²) in [6.07, 6.45) is 5.39. The van der Waals surface area contributed by atoms with Gasteiger partial charge in [0.2, 0.25) is 0 Å². The van der Waals surface area contributed by atoms with Crippen molar-refractivity contribution >= 4 is 5.97 Å². The summed E-state index contributed by atoms with van der Waals surface area (Å²) in [6, 6.07) is 8.80. The minimum Gasteiger partial charge on any atom is -0.497 e. The molecule has 130 valence electrons. The summed E-state index contributed by atoms with van der Waals surface area (Å²) in [5, 5.41) is 8.63. The van der Waals surface area contributed by atoms with Crippen LogP contribution in [0.25, 0.3) is 0 Å². The fraction of sp³-hybridized carbons (Fsp3) is 0.632. The highest BCUT2D eigenvalue weighted by Gasteiger charge is 2.12. The molecule has 23 heavy (non-hydrogen) atoms. The second kappa shape index (κ2) is 11.1. The maximum atomic E-state index is 10.5. The number of unbranched alkanes of at least 4 members (excludes halogenated alkanes) is 3. The van der Waals surface area contributed by atoms with Crippen LogP contribution < -0.4 is 4.74 Å². The lowest BCUT2D eigenvalue weighted by molar-refractivity contribution is -0.137. The highest BCUT2D eigenvalue weighted by Crippen LogP contribution is 2.15. The van der Waals surface area contributed by atoms with Gasteiger partial charge < -0.3 is 14.7 Å². The Morgan fingerprint density at radius 3 is 2.39 bits per heavy atom. The van der Waals surface area contributed by atoms with Crippen molar-refractivity contribution in [2.75, 3.05) is 20.2 Å². The first kappa shape index (κ1) is 19.5. The van der Waals surface area contributed by atoms with Gasteiger partial charge in [-0.1, -0.05) is 31.9 Å². The third-order valence-electron chi connectivity index (χ3n) is 4.31. The van der Waals surface area contributed by atoms with Gasteiger partial charge in [-0.15, -0.1) is 0 Å². The zero-order valence-corrected chi connectivity index (χ0v) is 14.8. The van der Waals surface area contributed by atoms with Gasteiger partial charge in [-0.25, -0.2) is 0 Å². The van der Waals surface area contributed by atoms with E-state index in [1.54, 1.807) is 7.11 Å². The third-order valence-corrected chi connectivity index (χ3v) is 4.31. The highest BCUT2D eigenvalue weighted by molar-refractivity contribution is 5.66. The zero-order valence-electron chi connectivity index (χ0n) is 14.8. The number of methoxy groups -OCH3 is 1. The van der Waals surface area contributed by atoms with Crippen LogP contribution >= 0.6 is 0 Å². The molecule has 0 heterocycles. The molecule has 1 aromatic carbocycles. The third kappa shape index (κ3) is 8.03. The lowest BCUT2D eigenvalue weighted by Gasteiger charge is -2.28. The van der Waals surface area contributed by atoms with Gasteiger partial charge in [0.05, 0.1) is 7.11 Å². The lowest BCUT2D eigenvalue weighted by atomic mass is 10.0. The molecule has 0 saturated carbocycles. The second-order valence-electron chi connectivity index (χ2n) is 6.09. The number of nitrogens with zero attached hydrogens (tertiary/aromatic N) is 1. The summed E-state index contributed by atoms with van der Waals surface area (Å²) < 4.78 is 5.20. The first-order chi connectivity index (χ1) is 11.1. The predicted molar refractivity (Wildman–Crippen MR) is 94.1 cm³/mol. The number of likely N-dealkylation sites (N-methyl/N-ethyl adjacent to an activating group) is 1. The number of carboxylic acid groups (broad SMARTS) is 1. The van der Waals surface area contributed by atoms with E-state index in [2.05, 4.69) is 30.9 Å². The number of benzene rings is 1. The fourth-order valence-corrected chi connectivity index (χ4v) is 2.87. The van der Waals surface area contributed by atoms with Crippen molar-refractivity contribution in [3.05, 3.63) is 29.8 Å². The Kier molecular flexibility index (Phi) is 9.37. The summed E-state index contributed by atoms with van der Waals surface area (Å²) in [7, 11) is 1.69. The Morgan fingerprint density at radius 1 is 1.17 bits per heavy atom. The van der Waals surface area contributed by atoms with Crippen molar-refractivity contribution in [1.29, 1.82) is 0 Å². The maximum Gasteiger partial charge on any atom is 0.303 e. The molecule has 1 aromatic rings. The average Bonchev–Trinajstić information content (AvgIpc) is 2.54. The summed E-state index contributed by atoms with van der Waals surface area (Å²) in [5.41, 5.74) is 1.33. The van der Waals surface area contributed by atoms with Gasteiger partial charge >= 0.3 is 5.97 Å². The first-order valence-electron chi connectivity index (χ1n) is 8.65. The Balaban J connectivity index is 2.30. The molecule has 0 aliphatic heterocycles. The van der Waals surface area contributed by atoms with E-state index < -0.39 is 5.97 Å². The van der Waals surface area contributed by atoms with Gasteiger partial charge in [0.15, 0.2) is 0 Å². The number of rotatable bonds is 12. The highest BCUT2D eigenvalue weighted by atomic mass is 16.5. The van der Waals surface area contributed by atoms with Crippen LogP contribution in [0.1, 0.15) is 51.5 Å². The number of ether oxygens (including phenoxy) is 1. The van der Waals surface area contributed by atoms with E-state index in [1.165, 1.54) is 5.56 Å². The van der Waals surface area contributed by atoms with Crippen LogP contribution in [0.15, 0.2) is 24.3 Å². The monoisotopic (exact) mass is 321 g/mol. The zero-order chi connectivity index (χ0) is 17.1. The number of aliphatic carboxylic acids is 1. The number of carbonyl (C=O) groups is 1. The molecule has 0 aromatic heterocycles. The summed E-state index contributed by atoms with van der Waals surface area (Å²) in [5.74, 6) is 0.211. The fourth-order valence-electron chi connectivity index (χ4n) is 2.87. The average molecular weight is 321 g/mol. The number of hydrogen-bond donors (Lipinski definition) is 1. The van der Waals surface area contributed by atoms with Crippen molar-refractivity contribution in [2.45, 2.75) is 58.4 Å². The quantitative estimate of drug-likeness (QED) is 0.592. The number of hydrogen-bond acceptors (Lipinski definition) is 3. The Morgan fingerprint density at radius 2 is 1.83 bits per heavy atom. The van der Waals surface area contributed by atoms with Crippen LogP contribution in [-0.2, 0) is 11.2 Å². The lowest BCUT2D eigenvalue weighted by Crippen LogP contribution is -2.35. The molecule has 0 amide bonds. The van der Waals surface area contributed by atoms with E-state index in [-0.39, 0.29) is 0 Å². The van der Waals surface area contributed by atoms with Crippen LogP contribution in [0.2, 0.25) is 0 Å². The normalized spacial score (nSPS) is 12.3. The van der Waals surface area contributed by atoms with Crippen molar-refractivity contribution < 1.29 is 14.6 Å². The molecule has 1 unspecified atom stereocenters. The predicted octanol–water partition coefficient (Wildman–Crippen LogP) is 3.98. The molecule has 0 aliphatic carbocycles. The Bertz CT molecular complexity index is 444. The minimum absolute atomic E-state index is 0.297. The van der Waals surface area contributed by atoms with Gasteiger partial charge in [0.25, 0.3) is 0 Å². The van der Waals surface area contributed by atoms with Crippen LogP contribution in [0, 0.1) is 0 Å². The largest absolute Gasteiger partial charge is 0.497 e. The van der Waals surface area contributed by atoms with Crippen molar-refractivity contribution in [1.82, 2.24) is 4.90 Å². The van der Waals surface area contributed by atoms with Crippen LogP contribution in [-0.4, -0.2) is 42.2 Å². The van der Waals surface area contributed by atoms with E-state index in [0.29, 0.717) is 12.5 Å². The van der Waals surface area contributed by atoms with E-state index >= 15 is 0 Å². The van der Waals surface area contributed by atoms with Crippen LogP contribution in [0.3, 0.4) is 0 Å². The minimum atomic E-state index is -0.687. The smallest absolute Gasteiger partial charge is 0.303 e. The SMILES string of the molecule is CCN(CCCCCCC(=O)O)C(C)Cc1ccc(OC)cc1. The summed E-state index contributed by atoms with van der Waals surface area (Å²) in [6.45, 7) is 6.61. The van der Waals surface area contributed by atoms with E-state index in [9.17, 15) is 4.79 Å². The second-order valence-corrected chi connectivity index (χ2v) is 6.09. The van der Waals surface area contributed by atoms with Crippen LogP contribution in [0.5, 0.6) is 5.75 Å². The van der Waals surface area contributed by atoms with Gasteiger partial charge in [-0.3, -0.25) is 4.79 Å². The molecule has 1 atom stereocenters. The molecule has 4 heteroatoms. The van der Waals surface area contributed by atoms with E-state index in [0.717, 1.165) is 50.9 Å². The molecule has 0 saturated heterocycles. The molecular formula is C19H31NO3. The van der Waals surface area contributed by atoms with Crippen molar-refractivity contribution in [2.24, 2.45) is 0 Å². The maximum absolute atomic E-state index is 10.5. The summed E-state index contributed by atoms with van der Waals surface area (Å²) in [4.78, 5) is 13.0. The van der Waals surface area contributed by atoms with Crippen molar-refractivity contribution in [3.63, 3.8) is 0 Å². The van der Waals surface area contributed by atoms with Gasteiger partial charge in [0.1, 0.15) is 5.75 Å². The van der Waals surface area contributed by atoms with Gasteiger partial charge in [-0.05, 0) is 57.0 Å². The molecule has 0 radical (unpaired) electrons. The molecule has 0 aliphatic rings. The number of carboxylic acids is 1. The van der Waals surface area contributed by atoms with E-state index in [4.69, 9.17) is 9.84 Å². The Hall–Kier alpha value is -1.55. The molecule has 1 rings (SSSR count). The molecule has 1 N–H and O–H groups in total.